The maximum absolute atomic E-state index is 5.32. The predicted molar refractivity (Wildman–Crippen MR) is 55.0 cm³/mol. The van der Waals surface area contributed by atoms with Gasteiger partial charge in [-0.25, -0.2) is 0 Å². The van der Waals surface area contributed by atoms with E-state index in [0.29, 0.717) is 0 Å². The first kappa shape index (κ1) is 9.10. The second-order valence-corrected chi connectivity index (χ2v) is 4.54. The Bertz CT molecular complexity index is 242. The number of benzene rings is 1. The Morgan fingerprint density at radius 3 is 2.62 bits per heavy atom. The van der Waals surface area contributed by atoms with Crippen LogP contribution in [0.1, 0.15) is 12.8 Å². The van der Waals surface area contributed by atoms with Crippen molar-refractivity contribution >= 4 is 11.8 Å². The summed E-state index contributed by atoms with van der Waals surface area (Å²) in [6, 6.07) is 11.2. The predicted octanol–water partition coefficient (Wildman–Crippen LogP) is 2.76. The molecule has 1 aliphatic rings. The monoisotopic (exact) mass is 193 g/mol. The van der Waals surface area contributed by atoms with Crippen molar-refractivity contribution in [3.05, 3.63) is 30.3 Å². The summed E-state index contributed by atoms with van der Waals surface area (Å²) in [5.74, 6) is 0. The van der Waals surface area contributed by atoms with Crippen LogP contribution in [0.2, 0.25) is 0 Å². The number of ether oxygens (including phenoxy) is 1. The zero-order chi connectivity index (χ0) is 8.93. The number of hydrogen-bond acceptors (Lipinski definition) is 2. The Labute approximate surface area is 83.5 Å². The zero-order valence-corrected chi connectivity index (χ0v) is 8.35. The van der Waals surface area contributed by atoms with Crippen molar-refractivity contribution in [2.24, 2.45) is 0 Å². The van der Waals surface area contributed by atoms with Gasteiger partial charge in [0.1, 0.15) is 0 Å². The Morgan fingerprint density at radius 2 is 1.92 bits per heavy atom. The van der Waals surface area contributed by atoms with Gasteiger partial charge in [-0.1, -0.05) is 12.1 Å². The van der Waals surface area contributed by atoms with Crippen LogP contribution < -0.4 is 0 Å². The standard InChI is InChI=1S/C11H13OS/c1-2-4-10(5-3-1)13-11-6-8-12-9-7-11/h2-5,11H,6-9H2. The van der Waals surface area contributed by atoms with Crippen LogP contribution in [-0.2, 0) is 4.74 Å². The van der Waals surface area contributed by atoms with Gasteiger partial charge in [-0.3, -0.25) is 0 Å². The summed E-state index contributed by atoms with van der Waals surface area (Å²) in [6.45, 7) is 1.85. The van der Waals surface area contributed by atoms with E-state index >= 15 is 0 Å². The Hall–Kier alpha value is -0.470. The molecular weight excluding hydrogens is 180 g/mol. The highest BCUT2D eigenvalue weighted by Crippen LogP contribution is 2.28. The van der Waals surface area contributed by atoms with Crippen molar-refractivity contribution in [3.8, 4) is 0 Å². The maximum Gasteiger partial charge on any atom is 0.0476 e. The second kappa shape index (κ2) is 4.68. The van der Waals surface area contributed by atoms with Gasteiger partial charge in [-0.05, 0) is 31.0 Å². The molecule has 1 aromatic carbocycles. The molecule has 69 valence electrons. The van der Waals surface area contributed by atoms with E-state index in [4.69, 9.17) is 4.74 Å². The van der Waals surface area contributed by atoms with E-state index in [1.165, 1.54) is 17.7 Å². The SMILES string of the molecule is [c]1ccc(SC2CCOCC2)cc1. The van der Waals surface area contributed by atoms with E-state index in [0.717, 1.165) is 18.5 Å². The van der Waals surface area contributed by atoms with Crippen LogP contribution in [-0.4, -0.2) is 18.5 Å². The molecule has 1 saturated heterocycles. The lowest BCUT2D eigenvalue weighted by Crippen LogP contribution is -2.17. The van der Waals surface area contributed by atoms with Crippen LogP contribution >= 0.6 is 11.8 Å². The molecule has 0 spiro atoms. The minimum absolute atomic E-state index is 0.746. The molecule has 1 heterocycles. The third-order valence-corrected chi connectivity index (χ3v) is 3.51. The van der Waals surface area contributed by atoms with Crippen molar-refractivity contribution in [2.45, 2.75) is 23.0 Å². The lowest BCUT2D eigenvalue weighted by atomic mass is 10.2. The third kappa shape index (κ3) is 2.75. The van der Waals surface area contributed by atoms with E-state index in [1.54, 1.807) is 0 Å². The molecule has 1 fully saturated rings. The van der Waals surface area contributed by atoms with Gasteiger partial charge in [-0.2, -0.15) is 0 Å². The van der Waals surface area contributed by atoms with Crippen molar-refractivity contribution in [1.82, 2.24) is 0 Å². The highest BCUT2D eigenvalue weighted by molar-refractivity contribution is 8.00. The average molecular weight is 193 g/mol. The van der Waals surface area contributed by atoms with Gasteiger partial charge < -0.3 is 4.74 Å². The van der Waals surface area contributed by atoms with Crippen LogP contribution in [0, 0.1) is 6.07 Å². The van der Waals surface area contributed by atoms with Gasteiger partial charge >= 0.3 is 0 Å². The number of rotatable bonds is 2. The molecule has 0 saturated carbocycles. The van der Waals surface area contributed by atoms with Crippen molar-refractivity contribution < 1.29 is 4.74 Å². The van der Waals surface area contributed by atoms with Crippen molar-refractivity contribution in [2.75, 3.05) is 13.2 Å². The number of thioether (sulfide) groups is 1. The van der Waals surface area contributed by atoms with Crippen LogP contribution in [0.3, 0.4) is 0 Å². The molecule has 1 radical (unpaired) electrons. The highest BCUT2D eigenvalue weighted by atomic mass is 32.2. The molecule has 0 aliphatic carbocycles. The quantitative estimate of drug-likeness (QED) is 0.714. The van der Waals surface area contributed by atoms with Crippen LogP contribution in [0.15, 0.2) is 29.2 Å². The molecule has 0 atom stereocenters. The molecule has 1 aliphatic heterocycles. The fourth-order valence-corrected chi connectivity index (χ4v) is 2.54. The highest BCUT2D eigenvalue weighted by Gasteiger charge is 2.14. The fourth-order valence-electron chi connectivity index (χ4n) is 1.44. The summed E-state index contributed by atoms with van der Waals surface area (Å²) in [5, 5.41) is 0.746. The largest absolute Gasteiger partial charge is 0.381 e. The summed E-state index contributed by atoms with van der Waals surface area (Å²) in [4.78, 5) is 1.35. The molecule has 0 bridgehead atoms. The molecule has 0 amide bonds. The molecule has 1 aromatic rings. The number of hydrogen-bond donors (Lipinski definition) is 0. The molecule has 0 N–H and O–H groups in total. The van der Waals surface area contributed by atoms with Gasteiger partial charge in [0.2, 0.25) is 0 Å². The molecule has 2 rings (SSSR count). The topological polar surface area (TPSA) is 9.23 Å². The summed E-state index contributed by atoms with van der Waals surface area (Å²) in [7, 11) is 0. The van der Waals surface area contributed by atoms with Crippen LogP contribution in [0.4, 0.5) is 0 Å². The van der Waals surface area contributed by atoms with E-state index in [2.05, 4.69) is 18.2 Å². The minimum atomic E-state index is 0.746. The van der Waals surface area contributed by atoms with E-state index < -0.39 is 0 Å². The third-order valence-electron chi connectivity index (χ3n) is 2.16. The first-order valence-electron chi connectivity index (χ1n) is 4.66. The molecular formula is C11H13OS. The normalized spacial score (nSPS) is 18.8. The summed E-state index contributed by atoms with van der Waals surface area (Å²) < 4.78 is 5.32. The minimum Gasteiger partial charge on any atom is -0.381 e. The summed E-state index contributed by atoms with van der Waals surface area (Å²) in [6.07, 6.45) is 2.37. The Kier molecular flexibility index (Phi) is 3.27. The Morgan fingerprint density at radius 1 is 1.23 bits per heavy atom. The van der Waals surface area contributed by atoms with Gasteiger partial charge in [0.15, 0.2) is 0 Å². The zero-order valence-electron chi connectivity index (χ0n) is 7.53. The molecule has 1 nitrogen and oxygen atoms in total. The van der Waals surface area contributed by atoms with E-state index in [9.17, 15) is 0 Å². The lowest BCUT2D eigenvalue weighted by molar-refractivity contribution is 0.100. The van der Waals surface area contributed by atoms with E-state index in [-0.39, 0.29) is 0 Å². The van der Waals surface area contributed by atoms with Crippen LogP contribution in [0.5, 0.6) is 0 Å². The van der Waals surface area contributed by atoms with E-state index in [1.807, 2.05) is 23.9 Å². The average Bonchev–Trinajstić information content (AvgIpc) is 2.21. The molecule has 2 heteroatoms. The lowest BCUT2D eigenvalue weighted by Gasteiger charge is -2.21. The molecule has 13 heavy (non-hydrogen) atoms. The van der Waals surface area contributed by atoms with Crippen molar-refractivity contribution in [1.29, 1.82) is 0 Å². The second-order valence-electron chi connectivity index (χ2n) is 3.17. The Balaban J connectivity index is 1.90. The maximum atomic E-state index is 5.32. The van der Waals surface area contributed by atoms with Crippen molar-refractivity contribution in [3.63, 3.8) is 0 Å². The van der Waals surface area contributed by atoms with Gasteiger partial charge in [-0.15, -0.1) is 11.8 Å². The molecule has 0 aromatic heterocycles. The fraction of sp³-hybridized carbons (Fsp3) is 0.455. The molecule has 0 unspecified atom stereocenters. The van der Waals surface area contributed by atoms with Gasteiger partial charge in [0, 0.05) is 23.4 Å². The summed E-state index contributed by atoms with van der Waals surface area (Å²) >= 11 is 1.96. The summed E-state index contributed by atoms with van der Waals surface area (Å²) in [5.41, 5.74) is 0. The smallest absolute Gasteiger partial charge is 0.0476 e. The van der Waals surface area contributed by atoms with Gasteiger partial charge in [0.25, 0.3) is 0 Å². The first-order chi connectivity index (χ1) is 6.45. The van der Waals surface area contributed by atoms with Gasteiger partial charge in [0.05, 0.1) is 0 Å². The first-order valence-corrected chi connectivity index (χ1v) is 5.53. The van der Waals surface area contributed by atoms with Crippen LogP contribution in [0.25, 0.3) is 0 Å².